The van der Waals surface area contributed by atoms with Gasteiger partial charge in [0.05, 0.1) is 5.69 Å². The van der Waals surface area contributed by atoms with Crippen molar-refractivity contribution in [3.05, 3.63) is 82.7 Å². The normalized spacial score (nSPS) is 18.0. The van der Waals surface area contributed by atoms with Crippen molar-refractivity contribution in [3.63, 3.8) is 0 Å². The van der Waals surface area contributed by atoms with Crippen LogP contribution in [0.1, 0.15) is 44.3 Å². The summed E-state index contributed by atoms with van der Waals surface area (Å²) in [6.07, 6.45) is 3.40. The van der Waals surface area contributed by atoms with Crippen LogP contribution in [0.4, 0.5) is 5.69 Å². The van der Waals surface area contributed by atoms with E-state index < -0.39 is 12.0 Å². The van der Waals surface area contributed by atoms with Crippen molar-refractivity contribution >= 4 is 17.3 Å². The highest BCUT2D eigenvalue weighted by atomic mass is 16.3. The van der Waals surface area contributed by atoms with Crippen molar-refractivity contribution in [2.24, 2.45) is 5.92 Å². The molecule has 2 atom stereocenters. The molecule has 1 aliphatic rings. The first kappa shape index (κ1) is 20.6. The van der Waals surface area contributed by atoms with Crippen LogP contribution < -0.4 is 4.90 Å². The van der Waals surface area contributed by atoms with E-state index in [4.69, 9.17) is 0 Å². The molecule has 0 fully saturated rings. The van der Waals surface area contributed by atoms with Crippen LogP contribution in [0.25, 0.3) is 0 Å². The van der Waals surface area contributed by atoms with Gasteiger partial charge in [-0.15, -0.1) is 0 Å². The molecule has 0 bridgehead atoms. The van der Waals surface area contributed by atoms with Crippen LogP contribution in [-0.2, 0) is 6.54 Å². The predicted octanol–water partition coefficient (Wildman–Crippen LogP) is 4.20. The lowest BCUT2D eigenvalue weighted by molar-refractivity contribution is 0.0777. The Morgan fingerprint density at radius 3 is 2.48 bits per heavy atom. The zero-order valence-corrected chi connectivity index (χ0v) is 17.7. The van der Waals surface area contributed by atoms with E-state index in [9.17, 15) is 19.8 Å². The molecule has 1 aliphatic heterocycles. The molecule has 4 rings (SSSR count). The van der Waals surface area contributed by atoms with Crippen LogP contribution in [0.5, 0.6) is 11.5 Å². The highest BCUT2D eigenvalue weighted by Crippen LogP contribution is 2.41. The fourth-order valence-electron chi connectivity index (χ4n) is 4.12. The Labute approximate surface area is 180 Å². The Morgan fingerprint density at radius 1 is 1.06 bits per heavy atom. The lowest BCUT2D eigenvalue weighted by Crippen LogP contribution is -2.49. The van der Waals surface area contributed by atoms with Gasteiger partial charge in [-0.05, 0) is 55.7 Å². The largest absolute Gasteiger partial charge is 0.504 e. The minimum absolute atomic E-state index is 0.222. The van der Waals surface area contributed by atoms with Crippen molar-refractivity contribution in [1.29, 1.82) is 0 Å². The second-order valence-electron chi connectivity index (χ2n) is 8.09. The van der Waals surface area contributed by atoms with E-state index in [1.165, 1.54) is 12.1 Å². The maximum absolute atomic E-state index is 13.5. The van der Waals surface area contributed by atoms with Crippen molar-refractivity contribution in [2.75, 3.05) is 4.90 Å². The van der Waals surface area contributed by atoms with Crippen molar-refractivity contribution in [1.82, 2.24) is 4.98 Å². The number of hydrogen-bond donors (Lipinski definition) is 2. The standard InChI is InChI=1S/C25H24N2O4/c1-14-6-7-18(9-15(14)2)24(30)23-16(3)27(13-17-5-4-8-26-12-17)20-11-22(29)21(28)10-19(20)25(23)31/h4-12,16,23,28-29H,13H2,1-3H3. The Kier molecular flexibility index (Phi) is 5.23. The van der Waals surface area contributed by atoms with Gasteiger partial charge in [0.1, 0.15) is 5.92 Å². The molecule has 0 saturated carbocycles. The lowest BCUT2D eigenvalue weighted by Gasteiger charge is -2.40. The summed E-state index contributed by atoms with van der Waals surface area (Å²) in [5.41, 5.74) is 4.15. The average molecular weight is 416 g/mol. The van der Waals surface area contributed by atoms with Crippen LogP contribution in [-0.4, -0.2) is 32.8 Å². The van der Waals surface area contributed by atoms with E-state index in [0.717, 1.165) is 16.7 Å². The minimum atomic E-state index is -0.935. The molecule has 1 aromatic heterocycles. The molecule has 2 heterocycles. The minimum Gasteiger partial charge on any atom is -0.504 e. The predicted molar refractivity (Wildman–Crippen MR) is 118 cm³/mol. The molecule has 158 valence electrons. The summed E-state index contributed by atoms with van der Waals surface area (Å²) in [4.78, 5) is 32.9. The molecule has 0 radical (unpaired) electrons. The number of nitrogens with zero attached hydrogens (tertiary/aromatic N) is 2. The molecular weight excluding hydrogens is 392 g/mol. The van der Waals surface area contributed by atoms with Crippen LogP contribution in [0.15, 0.2) is 54.9 Å². The number of carbonyl (C=O) groups is 2. The molecule has 0 aliphatic carbocycles. The number of ketones is 2. The molecule has 0 saturated heterocycles. The highest BCUT2D eigenvalue weighted by Gasteiger charge is 2.43. The second-order valence-corrected chi connectivity index (χ2v) is 8.09. The van der Waals surface area contributed by atoms with E-state index in [0.29, 0.717) is 17.8 Å². The third-order valence-electron chi connectivity index (χ3n) is 6.07. The van der Waals surface area contributed by atoms with E-state index in [2.05, 4.69) is 4.98 Å². The van der Waals surface area contributed by atoms with Gasteiger partial charge in [-0.3, -0.25) is 14.6 Å². The second kappa shape index (κ2) is 7.87. The molecule has 0 spiro atoms. The Hall–Kier alpha value is -3.67. The SMILES string of the molecule is Cc1ccc(C(=O)C2C(=O)c3cc(O)c(O)cc3N(Cc3cccnc3)C2C)cc1C. The van der Waals surface area contributed by atoms with Crippen LogP contribution in [0.2, 0.25) is 0 Å². The lowest BCUT2D eigenvalue weighted by atomic mass is 9.79. The summed E-state index contributed by atoms with van der Waals surface area (Å²) < 4.78 is 0. The van der Waals surface area contributed by atoms with Gasteiger partial charge in [0.2, 0.25) is 0 Å². The van der Waals surface area contributed by atoms with E-state index >= 15 is 0 Å². The number of phenolic OH excluding ortho intramolecular Hbond substituents is 2. The van der Waals surface area contributed by atoms with Crippen molar-refractivity contribution in [3.8, 4) is 11.5 Å². The van der Waals surface area contributed by atoms with Gasteiger partial charge >= 0.3 is 0 Å². The molecule has 2 N–H and O–H groups in total. The average Bonchev–Trinajstić information content (AvgIpc) is 2.75. The van der Waals surface area contributed by atoms with E-state index in [1.807, 2.05) is 49.9 Å². The number of pyridine rings is 1. The number of Topliss-reactive ketones (excluding diaryl/α,β-unsaturated/α-hetero) is 2. The summed E-state index contributed by atoms with van der Waals surface area (Å²) in [5.74, 6) is -2.25. The Balaban J connectivity index is 1.81. The zero-order valence-electron chi connectivity index (χ0n) is 17.7. The smallest absolute Gasteiger partial charge is 0.177 e. The first-order valence-electron chi connectivity index (χ1n) is 10.1. The van der Waals surface area contributed by atoms with Crippen molar-refractivity contribution in [2.45, 2.75) is 33.4 Å². The summed E-state index contributed by atoms with van der Waals surface area (Å²) in [7, 11) is 0. The van der Waals surface area contributed by atoms with Gasteiger partial charge in [-0.2, -0.15) is 0 Å². The van der Waals surface area contributed by atoms with Gasteiger partial charge in [0.25, 0.3) is 0 Å². The summed E-state index contributed by atoms with van der Waals surface area (Å²) >= 11 is 0. The maximum Gasteiger partial charge on any atom is 0.177 e. The molecule has 0 amide bonds. The molecule has 6 heteroatoms. The van der Waals surface area contributed by atoms with Gasteiger partial charge < -0.3 is 15.1 Å². The maximum atomic E-state index is 13.5. The molecular formula is C25H24N2O4. The van der Waals surface area contributed by atoms with E-state index in [1.54, 1.807) is 18.5 Å². The molecule has 2 aromatic carbocycles. The summed E-state index contributed by atoms with van der Waals surface area (Å²) in [5, 5.41) is 20.1. The number of aryl methyl sites for hydroxylation is 2. The van der Waals surface area contributed by atoms with Crippen LogP contribution >= 0.6 is 0 Å². The van der Waals surface area contributed by atoms with Crippen LogP contribution in [0, 0.1) is 19.8 Å². The molecule has 2 unspecified atom stereocenters. The summed E-state index contributed by atoms with van der Waals surface area (Å²) in [6, 6.07) is 11.3. The number of benzene rings is 2. The van der Waals surface area contributed by atoms with Crippen LogP contribution in [0.3, 0.4) is 0 Å². The zero-order chi connectivity index (χ0) is 22.3. The first-order valence-corrected chi connectivity index (χ1v) is 10.1. The molecule has 31 heavy (non-hydrogen) atoms. The Bertz CT molecular complexity index is 1170. The number of rotatable bonds is 4. The third-order valence-corrected chi connectivity index (χ3v) is 6.07. The number of hydrogen-bond acceptors (Lipinski definition) is 6. The summed E-state index contributed by atoms with van der Waals surface area (Å²) in [6.45, 7) is 6.14. The first-order chi connectivity index (χ1) is 14.8. The fraction of sp³-hybridized carbons (Fsp3) is 0.240. The van der Waals surface area contributed by atoms with Crippen molar-refractivity contribution < 1.29 is 19.8 Å². The quantitative estimate of drug-likeness (QED) is 0.376. The fourth-order valence-corrected chi connectivity index (χ4v) is 4.12. The number of aromatic nitrogens is 1. The number of anilines is 1. The topological polar surface area (TPSA) is 90.7 Å². The number of aromatic hydroxyl groups is 2. The monoisotopic (exact) mass is 416 g/mol. The van der Waals surface area contributed by atoms with Gasteiger partial charge in [0.15, 0.2) is 23.1 Å². The van der Waals surface area contributed by atoms with Gasteiger partial charge in [-0.1, -0.05) is 18.2 Å². The van der Waals surface area contributed by atoms with Gasteiger partial charge in [0, 0.05) is 42.2 Å². The number of fused-ring (bicyclic) bond motifs is 1. The van der Waals surface area contributed by atoms with Gasteiger partial charge in [-0.25, -0.2) is 0 Å². The highest BCUT2D eigenvalue weighted by molar-refractivity contribution is 6.20. The molecule has 3 aromatic rings. The number of phenols is 2. The third kappa shape index (κ3) is 3.65. The Morgan fingerprint density at radius 2 is 1.81 bits per heavy atom. The van der Waals surface area contributed by atoms with E-state index in [-0.39, 0.29) is 28.6 Å². The number of carbonyl (C=O) groups excluding carboxylic acids is 2. The molecule has 6 nitrogen and oxygen atoms in total.